The molecule has 0 aliphatic rings. The van der Waals surface area contributed by atoms with Crippen LogP contribution in [0, 0.1) is 0 Å². The highest BCUT2D eigenvalue weighted by Gasteiger charge is 1.96. The van der Waals surface area contributed by atoms with Crippen LogP contribution in [0.15, 0.2) is 18.2 Å². The summed E-state index contributed by atoms with van der Waals surface area (Å²) in [4.78, 5) is 6.56. The fourth-order valence-corrected chi connectivity index (χ4v) is 1.22. The van der Waals surface area contributed by atoms with Crippen LogP contribution in [0.3, 0.4) is 0 Å². The zero-order valence-electron chi connectivity index (χ0n) is 9.75. The van der Waals surface area contributed by atoms with E-state index in [1.54, 1.807) is 0 Å². The highest BCUT2D eigenvalue weighted by Crippen LogP contribution is 2.08. The van der Waals surface area contributed by atoms with Gasteiger partial charge < -0.3 is 15.5 Å². The van der Waals surface area contributed by atoms with E-state index < -0.39 is 0 Å². The third-order valence-electron chi connectivity index (χ3n) is 1.97. The zero-order valence-corrected chi connectivity index (χ0v) is 9.75. The molecule has 84 valence electrons. The maximum Gasteiger partial charge on any atom is 0.128 e. The summed E-state index contributed by atoms with van der Waals surface area (Å²) in [6.07, 6.45) is 0. The number of likely N-dealkylation sites (N-methyl/N-ethyl adjacent to an activating group) is 1. The fraction of sp³-hybridized carbons (Fsp3) is 0.545. The molecule has 0 aliphatic carbocycles. The zero-order chi connectivity index (χ0) is 11.1. The SMILES string of the molecule is CCNc1cccc(NCCN(C)C)n1. The number of rotatable bonds is 6. The van der Waals surface area contributed by atoms with Gasteiger partial charge in [0, 0.05) is 19.6 Å². The van der Waals surface area contributed by atoms with Crippen molar-refractivity contribution in [3.63, 3.8) is 0 Å². The molecule has 0 unspecified atom stereocenters. The van der Waals surface area contributed by atoms with Gasteiger partial charge in [0.2, 0.25) is 0 Å². The Labute approximate surface area is 91.7 Å². The van der Waals surface area contributed by atoms with Crippen molar-refractivity contribution in [1.82, 2.24) is 9.88 Å². The van der Waals surface area contributed by atoms with Gasteiger partial charge in [-0.25, -0.2) is 4.98 Å². The predicted molar refractivity (Wildman–Crippen MR) is 65.4 cm³/mol. The number of hydrogen-bond acceptors (Lipinski definition) is 4. The molecule has 4 heteroatoms. The Morgan fingerprint density at radius 2 is 1.87 bits per heavy atom. The molecule has 0 atom stereocenters. The standard InChI is InChI=1S/C11H20N4/c1-4-12-10-6-5-7-11(14-10)13-8-9-15(2)3/h5-7H,4,8-9H2,1-3H3,(H2,12,13,14). The van der Waals surface area contributed by atoms with Crippen molar-refractivity contribution in [3.05, 3.63) is 18.2 Å². The topological polar surface area (TPSA) is 40.2 Å². The molecule has 1 rings (SSSR count). The molecular formula is C11H20N4. The molecule has 0 saturated heterocycles. The molecule has 15 heavy (non-hydrogen) atoms. The van der Waals surface area contributed by atoms with Crippen LogP contribution in [0.4, 0.5) is 11.6 Å². The third kappa shape index (κ3) is 4.65. The van der Waals surface area contributed by atoms with Crippen molar-refractivity contribution < 1.29 is 0 Å². The van der Waals surface area contributed by atoms with Crippen molar-refractivity contribution in [1.29, 1.82) is 0 Å². The minimum atomic E-state index is 0.897. The van der Waals surface area contributed by atoms with E-state index in [1.165, 1.54) is 0 Å². The second-order valence-corrected chi connectivity index (χ2v) is 3.67. The first-order valence-corrected chi connectivity index (χ1v) is 5.32. The molecule has 0 spiro atoms. The van der Waals surface area contributed by atoms with E-state index in [2.05, 4.69) is 41.5 Å². The summed E-state index contributed by atoms with van der Waals surface area (Å²) in [6.45, 7) is 4.88. The smallest absolute Gasteiger partial charge is 0.128 e. The number of nitrogens with one attached hydrogen (secondary N) is 2. The molecule has 0 amide bonds. The lowest BCUT2D eigenvalue weighted by molar-refractivity contribution is 0.425. The van der Waals surface area contributed by atoms with Crippen LogP contribution >= 0.6 is 0 Å². The van der Waals surface area contributed by atoms with Crippen molar-refractivity contribution in [3.8, 4) is 0 Å². The van der Waals surface area contributed by atoms with E-state index in [9.17, 15) is 0 Å². The minimum absolute atomic E-state index is 0.897. The summed E-state index contributed by atoms with van der Waals surface area (Å²) in [6, 6.07) is 5.96. The summed E-state index contributed by atoms with van der Waals surface area (Å²) < 4.78 is 0. The van der Waals surface area contributed by atoms with Crippen molar-refractivity contribution >= 4 is 11.6 Å². The first kappa shape index (κ1) is 11.8. The summed E-state index contributed by atoms with van der Waals surface area (Å²) in [5.74, 6) is 1.85. The van der Waals surface area contributed by atoms with Crippen LogP contribution < -0.4 is 10.6 Å². The van der Waals surface area contributed by atoms with E-state index in [0.717, 1.165) is 31.3 Å². The normalized spacial score (nSPS) is 10.4. The van der Waals surface area contributed by atoms with Crippen LogP contribution in [0.1, 0.15) is 6.92 Å². The van der Waals surface area contributed by atoms with Gasteiger partial charge in [-0.05, 0) is 33.2 Å². The molecule has 1 heterocycles. The van der Waals surface area contributed by atoms with Gasteiger partial charge in [-0.2, -0.15) is 0 Å². The average molecular weight is 208 g/mol. The summed E-state index contributed by atoms with van der Waals surface area (Å²) in [5.41, 5.74) is 0. The predicted octanol–water partition coefficient (Wildman–Crippen LogP) is 1.49. The largest absolute Gasteiger partial charge is 0.370 e. The van der Waals surface area contributed by atoms with Gasteiger partial charge in [-0.15, -0.1) is 0 Å². The molecule has 0 saturated carbocycles. The quantitative estimate of drug-likeness (QED) is 0.743. The van der Waals surface area contributed by atoms with Gasteiger partial charge in [-0.3, -0.25) is 0 Å². The molecule has 1 aromatic rings. The van der Waals surface area contributed by atoms with Crippen LogP contribution in [-0.4, -0.2) is 43.6 Å². The second-order valence-electron chi connectivity index (χ2n) is 3.67. The van der Waals surface area contributed by atoms with Gasteiger partial charge in [-0.1, -0.05) is 6.07 Å². The Balaban J connectivity index is 2.43. The first-order valence-electron chi connectivity index (χ1n) is 5.32. The van der Waals surface area contributed by atoms with Gasteiger partial charge in [0.15, 0.2) is 0 Å². The Hall–Kier alpha value is -1.29. The average Bonchev–Trinajstić information content (AvgIpc) is 2.18. The van der Waals surface area contributed by atoms with Gasteiger partial charge >= 0.3 is 0 Å². The number of anilines is 2. The van der Waals surface area contributed by atoms with Gasteiger partial charge in [0.1, 0.15) is 11.6 Å². The molecule has 2 N–H and O–H groups in total. The summed E-state index contributed by atoms with van der Waals surface area (Å²) in [5, 5.41) is 6.47. The monoisotopic (exact) mass is 208 g/mol. The minimum Gasteiger partial charge on any atom is -0.370 e. The maximum atomic E-state index is 4.42. The Kier molecular flexibility index (Phi) is 4.90. The van der Waals surface area contributed by atoms with E-state index in [4.69, 9.17) is 0 Å². The van der Waals surface area contributed by atoms with Crippen LogP contribution in [0.2, 0.25) is 0 Å². The van der Waals surface area contributed by atoms with Crippen LogP contribution in [-0.2, 0) is 0 Å². The lowest BCUT2D eigenvalue weighted by Gasteiger charge is -2.11. The first-order chi connectivity index (χ1) is 7.22. The molecule has 0 aliphatic heterocycles. The molecule has 1 aromatic heterocycles. The lowest BCUT2D eigenvalue weighted by Crippen LogP contribution is -2.21. The van der Waals surface area contributed by atoms with E-state index >= 15 is 0 Å². The van der Waals surface area contributed by atoms with Crippen LogP contribution in [0.25, 0.3) is 0 Å². The molecular weight excluding hydrogens is 188 g/mol. The lowest BCUT2D eigenvalue weighted by atomic mass is 10.4. The highest BCUT2D eigenvalue weighted by molar-refractivity contribution is 5.44. The fourth-order valence-electron chi connectivity index (χ4n) is 1.22. The molecule has 0 radical (unpaired) electrons. The summed E-state index contributed by atoms with van der Waals surface area (Å²) >= 11 is 0. The van der Waals surface area contributed by atoms with Gasteiger partial charge in [0.25, 0.3) is 0 Å². The van der Waals surface area contributed by atoms with Crippen molar-refractivity contribution in [2.45, 2.75) is 6.92 Å². The van der Waals surface area contributed by atoms with Crippen LogP contribution in [0.5, 0.6) is 0 Å². The second kappa shape index (κ2) is 6.24. The maximum absolute atomic E-state index is 4.42. The van der Waals surface area contributed by atoms with Crippen molar-refractivity contribution in [2.75, 3.05) is 44.4 Å². The Bertz CT molecular complexity index is 286. The number of pyridine rings is 1. The number of hydrogen-bond donors (Lipinski definition) is 2. The third-order valence-corrected chi connectivity index (χ3v) is 1.97. The molecule has 4 nitrogen and oxygen atoms in total. The highest BCUT2D eigenvalue weighted by atomic mass is 15.1. The summed E-state index contributed by atoms with van der Waals surface area (Å²) in [7, 11) is 4.12. The molecule has 0 bridgehead atoms. The molecule has 0 fully saturated rings. The Morgan fingerprint density at radius 1 is 1.20 bits per heavy atom. The number of aromatic nitrogens is 1. The van der Waals surface area contributed by atoms with E-state index in [1.807, 2.05) is 18.2 Å². The van der Waals surface area contributed by atoms with Gasteiger partial charge in [0.05, 0.1) is 0 Å². The van der Waals surface area contributed by atoms with Crippen molar-refractivity contribution in [2.24, 2.45) is 0 Å². The molecule has 0 aromatic carbocycles. The van der Waals surface area contributed by atoms with E-state index in [-0.39, 0.29) is 0 Å². The van der Waals surface area contributed by atoms with E-state index in [0.29, 0.717) is 0 Å². The Morgan fingerprint density at radius 3 is 2.47 bits per heavy atom. The number of nitrogens with zero attached hydrogens (tertiary/aromatic N) is 2.